The van der Waals surface area contributed by atoms with E-state index in [4.69, 9.17) is 9.73 Å². The topological polar surface area (TPSA) is 96.7 Å². The van der Waals surface area contributed by atoms with Crippen molar-refractivity contribution in [2.75, 3.05) is 0 Å². The second kappa shape index (κ2) is 6.19. The maximum absolute atomic E-state index is 9.53. The number of rotatable bonds is 4. The molecule has 24 heavy (non-hydrogen) atoms. The Balaban J connectivity index is 2.35. The fourth-order valence-corrected chi connectivity index (χ4v) is 2.77. The highest BCUT2D eigenvalue weighted by molar-refractivity contribution is 5.91. The average Bonchev–Trinajstić information content (AvgIpc) is 3.08. The first kappa shape index (κ1) is 15.8. The van der Waals surface area contributed by atoms with E-state index in [2.05, 4.69) is 15.4 Å². The molecule has 3 rings (SSSR count). The minimum atomic E-state index is 0.178. The number of aromatic hydroxyl groups is 1. The van der Waals surface area contributed by atoms with Gasteiger partial charge in [-0.2, -0.15) is 5.10 Å². The molecule has 0 aliphatic heterocycles. The largest absolute Gasteiger partial charge is 0.508 e. The molecule has 2 heterocycles. The highest BCUT2D eigenvalue weighted by atomic mass is 16.5. The number of benzene rings is 1. The molecule has 7 nitrogen and oxygen atoms in total. The fourth-order valence-electron chi connectivity index (χ4n) is 2.77. The third-order valence-electron chi connectivity index (χ3n) is 3.88. The molecule has 2 aromatic heterocycles. The van der Waals surface area contributed by atoms with Crippen molar-refractivity contribution in [1.82, 2.24) is 14.9 Å². The summed E-state index contributed by atoms with van der Waals surface area (Å²) >= 11 is 0. The Morgan fingerprint density at radius 2 is 1.96 bits per heavy atom. The summed E-state index contributed by atoms with van der Waals surface area (Å²) in [7, 11) is 0. The van der Waals surface area contributed by atoms with Crippen molar-refractivity contribution in [3.05, 3.63) is 47.0 Å². The van der Waals surface area contributed by atoms with Gasteiger partial charge in [-0.3, -0.25) is 0 Å². The number of hydrogen-bond acceptors (Lipinski definition) is 6. The number of aryl methyl sites for hydroxylation is 3. The van der Waals surface area contributed by atoms with E-state index in [0.29, 0.717) is 17.7 Å². The van der Waals surface area contributed by atoms with Crippen LogP contribution in [0, 0.1) is 13.8 Å². The predicted octanol–water partition coefficient (Wildman–Crippen LogP) is 3.22. The van der Waals surface area contributed by atoms with E-state index in [1.165, 1.54) is 6.21 Å². The number of phenolic OH excluding ortho intramolecular Hbond substituents is 1. The van der Waals surface area contributed by atoms with Crippen LogP contribution in [-0.2, 0) is 6.42 Å². The van der Waals surface area contributed by atoms with E-state index in [-0.39, 0.29) is 5.75 Å². The maximum Gasteiger partial charge on any atom is 0.143 e. The molecule has 0 atom stereocenters. The molecular formula is C17H18N4O3. The lowest BCUT2D eigenvalue weighted by atomic mass is 10.0. The molecule has 0 aliphatic rings. The summed E-state index contributed by atoms with van der Waals surface area (Å²) in [5, 5.41) is 30.5. The van der Waals surface area contributed by atoms with Crippen LogP contribution in [0.25, 0.3) is 16.9 Å². The van der Waals surface area contributed by atoms with Gasteiger partial charge in [0, 0.05) is 5.56 Å². The van der Waals surface area contributed by atoms with Gasteiger partial charge in [-0.1, -0.05) is 17.2 Å². The fraction of sp³-hybridized carbons (Fsp3) is 0.235. The van der Waals surface area contributed by atoms with Gasteiger partial charge in [-0.25, -0.2) is 4.68 Å². The number of oxime groups is 1. The first-order valence-corrected chi connectivity index (χ1v) is 7.58. The molecular weight excluding hydrogens is 308 g/mol. The van der Waals surface area contributed by atoms with Gasteiger partial charge in [-0.15, -0.1) is 0 Å². The normalized spacial score (nSPS) is 11.5. The quantitative estimate of drug-likeness (QED) is 0.436. The minimum Gasteiger partial charge on any atom is -0.508 e. The Morgan fingerprint density at radius 1 is 1.25 bits per heavy atom. The average molecular weight is 326 g/mol. The highest BCUT2D eigenvalue weighted by Gasteiger charge is 2.24. The summed E-state index contributed by atoms with van der Waals surface area (Å²) in [5.74, 6) is 0.834. The van der Waals surface area contributed by atoms with E-state index in [1.807, 2.05) is 20.8 Å². The van der Waals surface area contributed by atoms with Crippen molar-refractivity contribution in [2.45, 2.75) is 27.2 Å². The number of hydrogen-bond donors (Lipinski definition) is 2. The van der Waals surface area contributed by atoms with Gasteiger partial charge >= 0.3 is 0 Å². The molecule has 1 aromatic carbocycles. The Morgan fingerprint density at radius 3 is 2.50 bits per heavy atom. The maximum atomic E-state index is 9.53. The highest BCUT2D eigenvalue weighted by Crippen LogP contribution is 2.33. The van der Waals surface area contributed by atoms with Gasteiger partial charge < -0.3 is 14.8 Å². The van der Waals surface area contributed by atoms with E-state index < -0.39 is 0 Å². The van der Waals surface area contributed by atoms with Gasteiger partial charge in [-0.05, 0) is 44.5 Å². The minimum absolute atomic E-state index is 0.178. The van der Waals surface area contributed by atoms with Crippen molar-refractivity contribution in [3.8, 4) is 22.7 Å². The summed E-state index contributed by atoms with van der Waals surface area (Å²) in [4.78, 5) is 0. The van der Waals surface area contributed by atoms with Crippen LogP contribution >= 0.6 is 0 Å². The molecule has 124 valence electrons. The second-order valence-electron chi connectivity index (χ2n) is 5.43. The van der Waals surface area contributed by atoms with E-state index in [9.17, 15) is 5.11 Å². The molecule has 0 saturated heterocycles. The van der Waals surface area contributed by atoms with Crippen LogP contribution < -0.4 is 0 Å². The summed E-state index contributed by atoms with van der Waals surface area (Å²) < 4.78 is 7.05. The Bertz CT molecular complexity index is 872. The SMILES string of the molecule is CCc1nn(-c2ccc(O)cc2)c(-c2c(C)noc2C)c1/C=N/O. The third-order valence-corrected chi connectivity index (χ3v) is 3.88. The van der Waals surface area contributed by atoms with Crippen LogP contribution in [0.3, 0.4) is 0 Å². The van der Waals surface area contributed by atoms with Crippen LogP contribution in [0.4, 0.5) is 0 Å². The zero-order valence-corrected chi connectivity index (χ0v) is 13.7. The van der Waals surface area contributed by atoms with Crippen LogP contribution in [0.5, 0.6) is 5.75 Å². The number of aromatic nitrogens is 3. The molecule has 0 fully saturated rings. The standard InChI is InChI=1S/C17H18N4O3/c1-4-15-14(9-18-23)17(16-10(2)20-24-11(16)3)21(19-15)12-5-7-13(22)8-6-12/h5-9,22-23H,4H2,1-3H3/b18-9+. The monoisotopic (exact) mass is 326 g/mol. The van der Waals surface area contributed by atoms with E-state index >= 15 is 0 Å². The zero-order chi connectivity index (χ0) is 17.3. The molecule has 0 spiro atoms. The summed E-state index contributed by atoms with van der Waals surface area (Å²) in [6.45, 7) is 5.66. The lowest BCUT2D eigenvalue weighted by Gasteiger charge is -2.08. The van der Waals surface area contributed by atoms with E-state index in [1.54, 1.807) is 28.9 Å². The van der Waals surface area contributed by atoms with Crippen LogP contribution in [0.1, 0.15) is 29.6 Å². The molecule has 7 heteroatoms. The van der Waals surface area contributed by atoms with Crippen molar-refractivity contribution in [1.29, 1.82) is 0 Å². The van der Waals surface area contributed by atoms with Gasteiger partial charge in [0.2, 0.25) is 0 Å². The van der Waals surface area contributed by atoms with Gasteiger partial charge in [0.1, 0.15) is 11.5 Å². The molecule has 0 radical (unpaired) electrons. The zero-order valence-electron chi connectivity index (χ0n) is 13.7. The summed E-state index contributed by atoms with van der Waals surface area (Å²) in [6.07, 6.45) is 2.05. The summed E-state index contributed by atoms with van der Waals surface area (Å²) in [5.41, 5.74) is 4.55. The molecule has 0 aliphatic carbocycles. The van der Waals surface area contributed by atoms with Crippen molar-refractivity contribution in [3.63, 3.8) is 0 Å². The molecule has 3 aromatic rings. The Hall–Kier alpha value is -3.09. The Kier molecular flexibility index (Phi) is 4.07. The first-order valence-electron chi connectivity index (χ1n) is 7.58. The lowest BCUT2D eigenvalue weighted by Crippen LogP contribution is -2.01. The van der Waals surface area contributed by atoms with Gasteiger partial charge in [0.05, 0.1) is 34.5 Å². The van der Waals surface area contributed by atoms with Crippen molar-refractivity contribution < 1.29 is 14.8 Å². The van der Waals surface area contributed by atoms with Gasteiger partial charge in [0.15, 0.2) is 0 Å². The molecule has 0 amide bonds. The van der Waals surface area contributed by atoms with E-state index in [0.717, 1.165) is 28.3 Å². The summed E-state index contributed by atoms with van der Waals surface area (Å²) in [6, 6.07) is 6.73. The first-order chi connectivity index (χ1) is 11.6. The van der Waals surface area contributed by atoms with Crippen LogP contribution in [0.2, 0.25) is 0 Å². The third kappa shape index (κ3) is 2.54. The number of nitrogens with zero attached hydrogens (tertiary/aromatic N) is 4. The van der Waals surface area contributed by atoms with Gasteiger partial charge in [0.25, 0.3) is 0 Å². The molecule has 0 bridgehead atoms. The molecule has 0 unspecified atom stereocenters. The predicted molar refractivity (Wildman–Crippen MR) is 89.0 cm³/mol. The van der Waals surface area contributed by atoms with Crippen molar-refractivity contribution >= 4 is 6.21 Å². The lowest BCUT2D eigenvalue weighted by molar-refractivity contribution is 0.322. The Labute approximate surface area is 138 Å². The van der Waals surface area contributed by atoms with Crippen molar-refractivity contribution in [2.24, 2.45) is 5.16 Å². The molecule has 2 N–H and O–H groups in total. The number of phenols is 1. The second-order valence-corrected chi connectivity index (χ2v) is 5.43. The van der Waals surface area contributed by atoms with Crippen LogP contribution in [-0.4, -0.2) is 31.5 Å². The smallest absolute Gasteiger partial charge is 0.143 e. The van der Waals surface area contributed by atoms with Crippen LogP contribution in [0.15, 0.2) is 33.9 Å². The molecule has 0 saturated carbocycles.